The van der Waals surface area contributed by atoms with Crippen LogP contribution in [0.25, 0.3) is 0 Å². The van der Waals surface area contributed by atoms with Crippen molar-refractivity contribution in [2.45, 2.75) is 57.2 Å². The minimum Gasteiger partial charge on any atom is -0.392 e. The van der Waals surface area contributed by atoms with Gasteiger partial charge in [0.25, 0.3) is 0 Å². The lowest BCUT2D eigenvalue weighted by atomic mass is 9.90. The van der Waals surface area contributed by atoms with Crippen LogP contribution in [0.2, 0.25) is 0 Å². The highest BCUT2D eigenvalue weighted by molar-refractivity contribution is 5.09. The first kappa shape index (κ1) is 10.6. The second kappa shape index (κ2) is 4.13. The number of aliphatic hydroxyl groups excluding tert-OH is 1. The molecule has 1 saturated carbocycles. The van der Waals surface area contributed by atoms with E-state index in [-0.39, 0.29) is 17.7 Å². The molecule has 0 bridgehead atoms. The maximum Gasteiger partial charge on any atom is 0.0744 e. The lowest BCUT2D eigenvalue weighted by molar-refractivity contribution is 0.0820. The summed E-state index contributed by atoms with van der Waals surface area (Å²) in [7, 11) is 0. The van der Waals surface area contributed by atoms with E-state index in [0.29, 0.717) is 0 Å². The highest BCUT2D eigenvalue weighted by atomic mass is 16.3. The summed E-state index contributed by atoms with van der Waals surface area (Å²) >= 11 is 0. The van der Waals surface area contributed by atoms with Crippen LogP contribution in [0.5, 0.6) is 0 Å². The fourth-order valence-corrected chi connectivity index (χ4v) is 1.78. The van der Waals surface area contributed by atoms with Gasteiger partial charge in [-0.3, -0.25) is 5.32 Å². The molecule has 0 spiro atoms. The molecule has 74 valence electrons. The van der Waals surface area contributed by atoms with Crippen LogP contribution in [-0.2, 0) is 0 Å². The zero-order valence-corrected chi connectivity index (χ0v) is 8.51. The molecule has 1 aliphatic rings. The Morgan fingerprint density at radius 2 is 2.00 bits per heavy atom. The van der Waals surface area contributed by atoms with Crippen molar-refractivity contribution in [1.82, 2.24) is 5.32 Å². The molecule has 0 aromatic carbocycles. The van der Waals surface area contributed by atoms with Gasteiger partial charge in [-0.15, -0.1) is 6.42 Å². The summed E-state index contributed by atoms with van der Waals surface area (Å²) in [5.74, 6) is 2.69. The van der Waals surface area contributed by atoms with Crippen molar-refractivity contribution in [2.24, 2.45) is 0 Å². The van der Waals surface area contributed by atoms with E-state index in [4.69, 9.17) is 6.42 Å². The number of hydrogen-bond donors (Lipinski definition) is 2. The smallest absolute Gasteiger partial charge is 0.0744 e. The summed E-state index contributed by atoms with van der Waals surface area (Å²) < 4.78 is 0. The minimum atomic E-state index is -0.303. The molecule has 0 heterocycles. The van der Waals surface area contributed by atoms with Gasteiger partial charge in [0.15, 0.2) is 0 Å². The van der Waals surface area contributed by atoms with Crippen LogP contribution in [0.1, 0.15) is 39.5 Å². The van der Waals surface area contributed by atoms with Crippen molar-refractivity contribution < 1.29 is 5.11 Å². The van der Waals surface area contributed by atoms with E-state index in [0.717, 1.165) is 19.3 Å². The second-order valence-electron chi connectivity index (χ2n) is 4.37. The molecule has 0 aromatic rings. The summed E-state index contributed by atoms with van der Waals surface area (Å²) in [5, 5.41) is 13.0. The Kier molecular flexibility index (Phi) is 3.35. The zero-order chi connectivity index (χ0) is 9.90. The molecule has 0 aliphatic heterocycles. The molecule has 2 N–H and O–H groups in total. The predicted molar refractivity (Wildman–Crippen MR) is 54.3 cm³/mol. The van der Waals surface area contributed by atoms with Crippen LogP contribution in [0.4, 0.5) is 0 Å². The number of terminal acetylenes is 1. The number of hydrogen-bond acceptors (Lipinski definition) is 2. The van der Waals surface area contributed by atoms with Gasteiger partial charge in [-0.25, -0.2) is 0 Å². The maximum absolute atomic E-state index is 9.70. The van der Waals surface area contributed by atoms with Gasteiger partial charge in [-0.05, 0) is 26.7 Å². The molecule has 0 radical (unpaired) electrons. The van der Waals surface area contributed by atoms with Gasteiger partial charge in [-0.1, -0.05) is 18.8 Å². The third-order valence-electron chi connectivity index (χ3n) is 2.64. The lowest BCUT2D eigenvalue weighted by Crippen LogP contribution is -2.51. The fraction of sp³-hybridized carbons (Fsp3) is 0.818. The molecule has 2 nitrogen and oxygen atoms in total. The fourth-order valence-electron chi connectivity index (χ4n) is 1.78. The Labute approximate surface area is 80.7 Å². The molecule has 0 amide bonds. The maximum atomic E-state index is 9.70. The zero-order valence-electron chi connectivity index (χ0n) is 8.51. The van der Waals surface area contributed by atoms with Crippen LogP contribution < -0.4 is 5.32 Å². The standard InChI is InChI=1S/C11H19NO/c1-4-11(2,3)12-9-7-5-6-8-10(9)13/h1,9-10,12-13H,5-8H2,2-3H3. The Morgan fingerprint density at radius 1 is 1.38 bits per heavy atom. The van der Waals surface area contributed by atoms with Gasteiger partial charge in [0.1, 0.15) is 0 Å². The summed E-state index contributed by atoms with van der Waals surface area (Å²) in [6.07, 6.45) is 9.41. The third kappa shape index (κ3) is 3.02. The Hall–Kier alpha value is -0.520. The van der Waals surface area contributed by atoms with E-state index in [1.54, 1.807) is 0 Å². The average Bonchev–Trinajstić information content (AvgIpc) is 2.09. The third-order valence-corrected chi connectivity index (χ3v) is 2.64. The molecule has 2 atom stereocenters. The first-order chi connectivity index (χ1) is 6.05. The molecule has 1 aliphatic carbocycles. The SMILES string of the molecule is C#CC(C)(C)NC1CCCCC1O. The first-order valence-corrected chi connectivity index (χ1v) is 4.99. The summed E-state index contributed by atoms with van der Waals surface area (Å²) in [6.45, 7) is 3.93. The Morgan fingerprint density at radius 3 is 2.54 bits per heavy atom. The van der Waals surface area contributed by atoms with Gasteiger partial charge in [0.2, 0.25) is 0 Å². The van der Waals surface area contributed by atoms with Crippen molar-refractivity contribution in [3.05, 3.63) is 0 Å². The van der Waals surface area contributed by atoms with Crippen molar-refractivity contribution in [3.8, 4) is 12.3 Å². The van der Waals surface area contributed by atoms with E-state index in [1.165, 1.54) is 6.42 Å². The van der Waals surface area contributed by atoms with Crippen LogP contribution in [0, 0.1) is 12.3 Å². The van der Waals surface area contributed by atoms with Gasteiger partial charge in [0.05, 0.1) is 11.6 Å². The van der Waals surface area contributed by atoms with Crippen molar-refractivity contribution in [1.29, 1.82) is 0 Å². The topological polar surface area (TPSA) is 32.3 Å². The molecular weight excluding hydrogens is 162 g/mol. The van der Waals surface area contributed by atoms with Crippen molar-refractivity contribution >= 4 is 0 Å². The molecule has 2 unspecified atom stereocenters. The van der Waals surface area contributed by atoms with Gasteiger partial charge >= 0.3 is 0 Å². The van der Waals surface area contributed by atoms with Crippen LogP contribution in [0.3, 0.4) is 0 Å². The molecule has 13 heavy (non-hydrogen) atoms. The summed E-state index contributed by atoms with van der Waals surface area (Å²) in [6, 6.07) is 0.180. The van der Waals surface area contributed by atoms with Gasteiger partial charge in [-0.2, -0.15) is 0 Å². The molecule has 0 saturated heterocycles. The monoisotopic (exact) mass is 181 g/mol. The quantitative estimate of drug-likeness (QED) is 0.629. The first-order valence-electron chi connectivity index (χ1n) is 4.99. The second-order valence-corrected chi connectivity index (χ2v) is 4.37. The summed E-state index contributed by atoms with van der Waals surface area (Å²) in [4.78, 5) is 0. The van der Waals surface area contributed by atoms with E-state index in [1.807, 2.05) is 13.8 Å². The highest BCUT2D eigenvalue weighted by Gasteiger charge is 2.27. The van der Waals surface area contributed by atoms with E-state index < -0.39 is 0 Å². The largest absolute Gasteiger partial charge is 0.392 e. The highest BCUT2D eigenvalue weighted by Crippen LogP contribution is 2.20. The lowest BCUT2D eigenvalue weighted by Gasteiger charge is -2.33. The van der Waals surface area contributed by atoms with Gasteiger partial charge in [0, 0.05) is 6.04 Å². The van der Waals surface area contributed by atoms with Crippen molar-refractivity contribution in [3.63, 3.8) is 0 Å². The number of rotatable bonds is 2. The average molecular weight is 181 g/mol. The molecular formula is C11H19NO. The van der Waals surface area contributed by atoms with E-state index in [9.17, 15) is 5.11 Å². The van der Waals surface area contributed by atoms with E-state index in [2.05, 4.69) is 11.2 Å². The number of nitrogens with one attached hydrogen (secondary N) is 1. The predicted octanol–water partition coefficient (Wildman–Crippen LogP) is 1.29. The minimum absolute atomic E-state index is 0.180. The summed E-state index contributed by atoms with van der Waals surface area (Å²) in [5.41, 5.74) is -0.303. The molecule has 1 fully saturated rings. The molecule has 0 aromatic heterocycles. The number of aliphatic hydroxyl groups is 1. The molecule has 1 rings (SSSR count). The Balaban J connectivity index is 2.48. The van der Waals surface area contributed by atoms with Gasteiger partial charge < -0.3 is 5.11 Å². The van der Waals surface area contributed by atoms with E-state index >= 15 is 0 Å². The van der Waals surface area contributed by atoms with Crippen LogP contribution >= 0.6 is 0 Å². The normalized spacial score (nSPS) is 29.7. The van der Waals surface area contributed by atoms with Crippen molar-refractivity contribution in [2.75, 3.05) is 0 Å². The van der Waals surface area contributed by atoms with Crippen LogP contribution in [-0.4, -0.2) is 22.8 Å². The Bertz CT molecular complexity index is 205. The molecule has 2 heteroatoms. The van der Waals surface area contributed by atoms with Crippen LogP contribution in [0.15, 0.2) is 0 Å².